The number of hydrogen-bond donors (Lipinski definition) is 2. The van der Waals surface area contributed by atoms with E-state index in [0.717, 1.165) is 5.56 Å². The molecule has 3 aromatic carbocycles. The molecule has 3 rings (SSSR count). The van der Waals surface area contributed by atoms with Gasteiger partial charge in [0.05, 0.1) is 31.1 Å². The predicted molar refractivity (Wildman–Crippen MR) is 131 cm³/mol. The van der Waals surface area contributed by atoms with Gasteiger partial charge in [0, 0.05) is 5.56 Å². The molecule has 176 valence electrons. The number of anilines is 1. The summed E-state index contributed by atoms with van der Waals surface area (Å²) in [6, 6.07) is 17.4. The topological polar surface area (TPSA) is 98.3 Å². The van der Waals surface area contributed by atoms with Crippen LogP contribution in [0.2, 0.25) is 5.02 Å². The third-order valence-electron chi connectivity index (χ3n) is 4.67. The van der Waals surface area contributed by atoms with E-state index in [-0.39, 0.29) is 23.3 Å². The summed E-state index contributed by atoms with van der Waals surface area (Å²) in [7, 11) is 2.97. The zero-order chi connectivity index (χ0) is 24.5. The molecule has 0 fully saturated rings. The largest absolute Gasteiger partial charge is 0.495 e. The Bertz CT molecular complexity index is 1200. The van der Waals surface area contributed by atoms with Crippen LogP contribution in [0.15, 0.2) is 65.8 Å². The number of benzene rings is 3. The van der Waals surface area contributed by atoms with Crippen LogP contribution in [0, 0.1) is 6.92 Å². The first-order chi connectivity index (χ1) is 16.4. The smallest absolute Gasteiger partial charge is 0.271 e. The summed E-state index contributed by atoms with van der Waals surface area (Å²) in [4.78, 5) is 24.5. The average Bonchev–Trinajstić information content (AvgIpc) is 2.83. The van der Waals surface area contributed by atoms with Gasteiger partial charge in [0.25, 0.3) is 11.8 Å². The Labute approximate surface area is 202 Å². The molecular formula is C25H24ClN3O5. The number of nitrogens with one attached hydrogen (secondary N) is 2. The van der Waals surface area contributed by atoms with Crippen molar-refractivity contribution < 1.29 is 23.8 Å². The number of halogens is 1. The van der Waals surface area contributed by atoms with Crippen molar-refractivity contribution >= 4 is 35.3 Å². The van der Waals surface area contributed by atoms with Crippen LogP contribution in [-0.4, -0.2) is 38.9 Å². The fourth-order valence-corrected chi connectivity index (χ4v) is 3.23. The molecule has 9 heteroatoms. The van der Waals surface area contributed by atoms with E-state index in [2.05, 4.69) is 15.8 Å². The number of hydrazone groups is 1. The molecule has 0 radical (unpaired) electrons. The molecule has 2 N–H and O–H groups in total. The van der Waals surface area contributed by atoms with Gasteiger partial charge in [0.1, 0.15) is 5.75 Å². The molecule has 0 unspecified atom stereocenters. The molecule has 0 bridgehead atoms. The van der Waals surface area contributed by atoms with Gasteiger partial charge in [-0.25, -0.2) is 5.43 Å². The van der Waals surface area contributed by atoms with Crippen molar-refractivity contribution in [3.8, 4) is 17.2 Å². The lowest BCUT2D eigenvalue weighted by atomic mass is 10.1. The van der Waals surface area contributed by atoms with E-state index in [1.165, 1.54) is 20.4 Å². The summed E-state index contributed by atoms with van der Waals surface area (Å²) in [5.41, 5.74) is 5.10. The van der Waals surface area contributed by atoms with E-state index in [9.17, 15) is 9.59 Å². The fraction of sp³-hybridized carbons (Fsp3) is 0.160. The minimum atomic E-state index is -0.396. The molecule has 0 aromatic heterocycles. The molecule has 34 heavy (non-hydrogen) atoms. The van der Waals surface area contributed by atoms with Gasteiger partial charge in [-0.15, -0.1) is 0 Å². The minimum Gasteiger partial charge on any atom is -0.495 e. The van der Waals surface area contributed by atoms with E-state index < -0.39 is 5.91 Å². The van der Waals surface area contributed by atoms with Gasteiger partial charge in [0.2, 0.25) is 0 Å². The van der Waals surface area contributed by atoms with Crippen LogP contribution in [0.5, 0.6) is 17.2 Å². The highest BCUT2D eigenvalue weighted by atomic mass is 35.5. The Morgan fingerprint density at radius 3 is 2.41 bits per heavy atom. The third kappa shape index (κ3) is 6.49. The molecule has 0 heterocycles. The van der Waals surface area contributed by atoms with Crippen LogP contribution in [0.25, 0.3) is 0 Å². The number of rotatable bonds is 9. The van der Waals surface area contributed by atoms with Gasteiger partial charge < -0.3 is 19.5 Å². The van der Waals surface area contributed by atoms with E-state index >= 15 is 0 Å². The number of carbonyl (C=O) groups excluding carboxylic acids is 2. The van der Waals surface area contributed by atoms with Crippen LogP contribution >= 0.6 is 11.6 Å². The van der Waals surface area contributed by atoms with Crippen molar-refractivity contribution in [2.75, 3.05) is 26.1 Å². The van der Waals surface area contributed by atoms with Crippen molar-refractivity contribution in [2.45, 2.75) is 6.92 Å². The van der Waals surface area contributed by atoms with Gasteiger partial charge in [-0.2, -0.15) is 5.10 Å². The van der Waals surface area contributed by atoms with Crippen LogP contribution in [0.3, 0.4) is 0 Å². The zero-order valence-electron chi connectivity index (χ0n) is 18.9. The van der Waals surface area contributed by atoms with Crippen LogP contribution in [0.1, 0.15) is 21.5 Å². The number of methoxy groups -OCH3 is 2. The summed E-state index contributed by atoms with van der Waals surface area (Å²) in [5.74, 6) is 0.316. The number of carbonyl (C=O) groups is 2. The Hall–Kier alpha value is -4.04. The third-order valence-corrected chi connectivity index (χ3v) is 4.95. The Kier molecular flexibility index (Phi) is 8.48. The lowest BCUT2D eigenvalue weighted by molar-refractivity contribution is -0.118. The van der Waals surface area contributed by atoms with Crippen molar-refractivity contribution in [3.05, 3.63) is 82.4 Å². The van der Waals surface area contributed by atoms with E-state index in [1.807, 2.05) is 19.1 Å². The molecule has 0 saturated heterocycles. The van der Waals surface area contributed by atoms with Gasteiger partial charge >= 0.3 is 0 Å². The normalized spacial score (nSPS) is 10.6. The highest BCUT2D eigenvalue weighted by molar-refractivity contribution is 6.32. The number of ether oxygens (including phenoxy) is 3. The number of amides is 2. The predicted octanol–water partition coefficient (Wildman–Crippen LogP) is 4.45. The highest BCUT2D eigenvalue weighted by Crippen LogP contribution is 2.36. The van der Waals surface area contributed by atoms with Gasteiger partial charge in [-0.1, -0.05) is 41.4 Å². The first-order valence-corrected chi connectivity index (χ1v) is 10.6. The number of hydrogen-bond acceptors (Lipinski definition) is 6. The second-order valence-electron chi connectivity index (χ2n) is 7.14. The molecular weight excluding hydrogens is 458 g/mol. The number of nitrogens with zero attached hydrogens (tertiary/aromatic N) is 1. The van der Waals surface area contributed by atoms with Crippen LogP contribution < -0.4 is 25.0 Å². The minimum absolute atomic E-state index is 0.209. The monoisotopic (exact) mass is 481 g/mol. The summed E-state index contributed by atoms with van der Waals surface area (Å²) < 4.78 is 16.2. The first-order valence-electron chi connectivity index (χ1n) is 10.2. The lowest BCUT2D eigenvalue weighted by Crippen LogP contribution is -2.20. The summed E-state index contributed by atoms with van der Waals surface area (Å²) in [6.45, 7) is 1.64. The fourth-order valence-electron chi connectivity index (χ4n) is 2.96. The molecule has 2 amide bonds. The second kappa shape index (κ2) is 11.7. The molecule has 3 aromatic rings. The van der Waals surface area contributed by atoms with Crippen LogP contribution in [-0.2, 0) is 4.79 Å². The van der Waals surface area contributed by atoms with Gasteiger partial charge in [-0.3, -0.25) is 9.59 Å². The average molecular weight is 482 g/mol. The molecule has 0 spiro atoms. The molecule has 0 atom stereocenters. The van der Waals surface area contributed by atoms with Crippen molar-refractivity contribution in [2.24, 2.45) is 5.10 Å². The molecule has 0 aliphatic heterocycles. The number of aryl methyl sites for hydroxylation is 1. The summed E-state index contributed by atoms with van der Waals surface area (Å²) in [5, 5.41) is 6.91. The SMILES string of the molecule is COc1ccccc1NC(=O)COc1c(Cl)cc(/C=N/NC(=O)c2ccc(C)cc2)cc1OC. The quantitative estimate of drug-likeness (QED) is 0.347. The van der Waals surface area contributed by atoms with Gasteiger partial charge in [-0.05, 0) is 48.9 Å². The van der Waals surface area contributed by atoms with E-state index in [1.54, 1.807) is 48.5 Å². The number of para-hydroxylation sites is 2. The van der Waals surface area contributed by atoms with Crippen LogP contribution in [0.4, 0.5) is 5.69 Å². The van der Waals surface area contributed by atoms with Crippen molar-refractivity contribution in [1.29, 1.82) is 0 Å². The standard InChI is InChI=1S/C25H24ClN3O5/c1-16-8-10-18(11-9-16)25(31)29-27-14-17-12-19(26)24(22(13-17)33-3)34-15-23(30)28-20-6-4-5-7-21(20)32-2/h4-14H,15H2,1-3H3,(H,28,30)(H,29,31)/b27-14+. The Morgan fingerprint density at radius 1 is 1.00 bits per heavy atom. The van der Waals surface area contributed by atoms with Gasteiger partial charge in [0.15, 0.2) is 18.1 Å². The van der Waals surface area contributed by atoms with Crippen molar-refractivity contribution in [1.82, 2.24) is 5.43 Å². The zero-order valence-corrected chi connectivity index (χ0v) is 19.7. The second-order valence-corrected chi connectivity index (χ2v) is 7.54. The lowest BCUT2D eigenvalue weighted by Gasteiger charge is -2.14. The Balaban J connectivity index is 1.63. The van der Waals surface area contributed by atoms with E-state index in [4.69, 9.17) is 25.8 Å². The summed E-state index contributed by atoms with van der Waals surface area (Å²) >= 11 is 6.35. The van der Waals surface area contributed by atoms with Crippen molar-refractivity contribution in [3.63, 3.8) is 0 Å². The van der Waals surface area contributed by atoms with E-state index in [0.29, 0.717) is 28.3 Å². The molecule has 0 saturated carbocycles. The maximum Gasteiger partial charge on any atom is 0.271 e. The maximum absolute atomic E-state index is 12.3. The Morgan fingerprint density at radius 2 is 1.71 bits per heavy atom. The maximum atomic E-state index is 12.3. The highest BCUT2D eigenvalue weighted by Gasteiger charge is 2.14. The summed E-state index contributed by atoms with van der Waals surface area (Å²) in [6.07, 6.45) is 1.43. The first kappa shape index (κ1) is 24.6. The molecule has 0 aliphatic rings. The molecule has 8 nitrogen and oxygen atoms in total. The molecule has 0 aliphatic carbocycles.